The molecule has 24 heavy (non-hydrogen) atoms. The second kappa shape index (κ2) is 7.53. The molecule has 130 valence electrons. The van der Waals surface area contributed by atoms with Crippen molar-refractivity contribution in [2.45, 2.75) is 32.4 Å². The molecule has 0 saturated carbocycles. The van der Waals surface area contributed by atoms with Gasteiger partial charge in [-0.3, -0.25) is 9.59 Å². The van der Waals surface area contributed by atoms with E-state index in [1.165, 1.54) is 6.92 Å². The standard InChI is InChI=1S/C17H22N2O5/c1-12(20)19(7-6-18-17(21)15-3-2-8-22-15)10-13-4-5-14-16(9-13)24-11-23-14/h4-5,9,15H,2-3,6-8,10-11H2,1H3,(H,18,21). The smallest absolute Gasteiger partial charge is 0.249 e. The molecule has 0 aliphatic carbocycles. The van der Waals surface area contributed by atoms with Crippen molar-refractivity contribution in [2.75, 3.05) is 26.5 Å². The van der Waals surface area contributed by atoms with Gasteiger partial charge in [0.25, 0.3) is 0 Å². The second-order valence-corrected chi connectivity index (χ2v) is 5.92. The van der Waals surface area contributed by atoms with Gasteiger partial charge in [-0.15, -0.1) is 0 Å². The van der Waals surface area contributed by atoms with Gasteiger partial charge in [0.15, 0.2) is 11.5 Å². The molecule has 1 fully saturated rings. The first-order valence-corrected chi connectivity index (χ1v) is 8.17. The average Bonchev–Trinajstić information content (AvgIpc) is 3.24. The van der Waals surface area contributed by atoms with Crippen molar-refractivity contribution >= 4 is 11.8 Å². The molecule has 1 aromatic rings. The molecule has 7 heteroatoms. The molecule has 1 aromatic carbocycles. The van der Waals surface area contributed by atoms with Crippen LogP contribution < -0.4 is 14.8 Å². The Bertz CT molecular complexity index is 613. The predicted molar refractivity (Wildman–Crippen MR) is 85.6 cm³/mol. The molecule has 0 bridgehead atoms. The van der Waals surface area contributed by atoms with E-state index in [-0.39, 0.29) is 24.7 Å². The molecule has 1 N–H and O–H groups in total. The van der Waals surface area contributed by atoms with E-state index in [9.17, 15) is 9.59 Å². The maximum Gasteiger partial charge on any atom is 0.249 e. The van der Waals surface area contributed by atoms with E-state index in [1.807, 2.05) is 18.2 Å². The Hall–Kier alpha value is -2.28. The van der Waals surface area contributed by atoms with Crippen LogP contribution in [0.2, 0.25) is 0 Å². The summed E-state index contributed by atoms with van der Waals surface area (Å²) < 4.78 is 16.0. The Morgan fingerprint density at radius 3 is 2.88 bits per heavy atom. The minimum Gasteiger partial charge on any atom is -0.454 e. The van der Waals surface area contributed by atoms with Gasteiger partial charge in [-0.05, 0) is 30.5 Å². The van der Waals surface area contributed by atoms with Crippen LogP contribution in [-0.4, -0.2) is 49.3 Å². The van der Waals surface area contributed by atoms with Crippen molar-refractivity contribution in [3.05, 3.63) is 23.8 Å². The molecule has 3 rings (SSSR count). The summed E-state index contributed by atoms with van der Waals surface area (Å²) >= 11 is 0. The summed E-state index contributed by atoms with van der Waals surface area (Å²) in [4.78, 5) is 25.4. The topological polar surface area (TPSA) is 77.1 Å². The van der Waals surface area contributed by atoms with Crippen molar-refractivity contribution in [1.82, 2.24) is 10.2 Å². The molecule has 0 radical (unpaired) electrons. The van der Waals surface area contributed by atoms with Crippen LogP contribution in [0.1, 0.15) is 25.3 Å². The Labute approximate surface area is 140 Å². The summed E-state index contributed by atoms with van der Waals surface area (Å²) in [6, 6.07) is 5.63. The van der Waals surface area contributed by atoms with Crippen LogP contribution in [0.3, 0.4) is 0 Å². The molecule has 2 aliphatic rings. The molecule has 1 atom stereocenters. The Morgan fingerprint density at radius 1 is 1.29 bits per heavy atom. The van der Waals surface area contributed by atoms with E-state index < -0.39 is 0 Å². The highest BCUT2D eigenvalue weighted by molar-refractivity contribution is 5.81. The number of hydrogen-bond acceptors (Lipinski definition) is 5. The van der Waals surface area contributed by atoms with Gasteiger partial charge < -0.3 is 24.4 Å². The second-order valence-electron chi connectivity index (χ2n) is 5.92. The highest BCUT2D eigenvalue weighted by Gasteiger charge is 2.23. The number of amides is 2. The first-order chi connectivity index (χ1) is 11.6. The molecule has 1 unspecified atom stereocenters. The molecular weight excluding hydrogens is 312 g/mol. The number of carbonyl (C=O) groups excluding carboxylic acids is 2. The quantitative estimate of drug-likeness (QED) is 0.842. The maximum absolute atomic E-state index is 11.9. The average molecular weight is 334 g/mol. The number of benzene rings is 1. The van der Waals surface area contributed by atoms with Crippen LogP contribution in [0.15, 0.2) is 18.2 Å². The minimum atomic E-state index is -0.343. The van der Waals surface area contributed by atoms with E-state index in [1.54, 1.807) is 4.90 Å². The van der Waals surface area contributed by atoms with E-state index >= 15 is 0 Å². The third-order valence-corrected chi connectivity index (χ3v) is 4.16. The molecule has 0 aromatic heterocycles. The van der Waals surface area contributed by atoms with Crippen LogP contribution in [0.25, 0.3) is 0 Å². The number of fused-ring (bicyclic) bond motifs is 1. The van der Waals surface area contributed by atoms with Gasteiger partial charge in [0.2, 0.25) is 18.6 Å². The fourth-order valence-electron chi connectivity index (χ4n) is 2.82. The zero-order valence-electron chi connectivity index (χ0n) is 13.7. The van der Waals surface area contributed by atoms with Gasteiger partial charge in [0.05, 0.1) is 0 Å². The summed E-state index contributed by atoms with van der Waals surface area (Å²) in [5, 5.41) is 2.83. The number of ether oxygens (including phenoxy) is 3. The van der Waals surface area contributed by atoms with Crippen LogP contribution in [0.5, 0.6) is 11.5 Å². The maximum atomic E-state index is 11.9. The molecule has 2 heterocycles. The Balaban J connectivity index is 1.51. The van der Waals surface area contributed by atoms with E-state index in [0.29, 0.717) is 32.0 Å². The zero-order chi connectivity index (χ0) is 16.9. The number of hydrogen-bond donors (Lipinski definition) is 1. The first kappa shape index (κ1) is 16.6. The normalized spacial score (nSPS) is 18.5. The number of nitrogens with one attached hydrogen (secondary N) is 1. The molecule has 2 aliphatic heterocycles. The first-order valence-electron chi connectivity index (χ1n) is 8.17. The fraction of sp³-hybridized carbons (Fsp3) is 0.529. The van der Waals surface area contributed by atoms with Crippen molar-refractivity contribution in [2.24, 2.45) is 0 Å². The van der Waals surface area contributed by atoms with Crippen molar-refractivity contribution in [3.63, 3.8) is 0 Å². The van der Waals surface area contributed by atoms with Gasteiger partial charge in [0.1, 0.15) is 6.10 Å². The number of nitrogens with zero attached hydrogens (tertiary/aromatic N) is 1. The summed E-state index contributed by atoms with van der Waals surface area (Å²) in [7, 11) is 0. The summed E-state index contributed by atoms with van der Waals surface area (Å²) in [5.41, 5.74) is 0.958. The van der Waals surface area contributed by atoms with Crippen LogP contribution in [0.4, 0.5) is 0 Å². The summed E-state index contributed by atoms with van der Waals surface area (Å²) in [5.74, 6) is 1.28. The highest BCUT2D eigenvalue weighted by atomic mass is 16.7. The third-order valence-electron chi connectivity index (χ3n) is 4.16. The predicted octanol–water partition coefficient (Wildman–Crippen LogP) is 1.06. The molecular formula is C17H22N2O5. The van der Waals surface area contributed by atoms with Gasteiger partial charge in [-0.1, -0.05) is 6.07 Å². The lowest BCUT2D eigenvalue weighted by Gasteiger charge is -2.22. The molecule has 0 spiro atoms. The highest BCUT2D eigenvalue weighted by Crippen LogP contribution is 2.32. The molecule has 1 saturated heterocycles. The van der Waals surface area contributed by atoms with Crippen LogP contribution >= 0.6 is 0 Å². The van der Waals surface area contributed by atoms with Crippen molar-refractivity contribution in [3.8, 4) is 11.5 Å². The van der Waals surface area contributed by atoms with Crippen molar-refractivity contribution in [1.29, 1.82) is 0 Å². The van der Waals surface area contributed by atoms with Gasteiger partial charge in [0, 0.05) is 33.2 Å². The van der Waals surface area contributed by atoms with Crippen molar-refractivity contribution < 1.29 is 23.8 Å². The summed E-state index contributed by atoms with van der Waals surface area (Å²) in [6.45, 7) is 3.70. The lowest BCUT2D eigenvalue weighted by molar-refractivity contribution is -0.132. The fourth-order valence-corrected chi connectivity index (χ4v) is 2.82. The number of carbonyl (C=O) groups is 2. The lowest BCUT2D eigenvalue weighted by Crippen LogP contribution is -2.40. The third kappa shape index (κ3) is 3.97. The SMILES string of the molecule is CC(=O)N(CCNC(=O)C1CCCO1)Cc1ccc2c(c1)OCO2. The minimum absolute atomic E-state index is 0.0426. The molecule has 2 amide bonds. The van der Waals surface area contributed by atoms with Gasteiger partial charge >= 0.3 is 0 Å². The lowest BCUT2D eigenvalue weighted by atomic mass is 10.2. The summed E-state index contributed by atoms with van der Waals surface area (Å²) in [6.07, 6.45) is 1.34. The largest absolute Gasteiger partial charge is 0.454 e. The van der Waals surface area contributed by atoms with E-state index in [4.69, 9.17) is 14.2 Å². The van der Waals surface area contributed by atoms with Gasteiger partial charge in [-0.2, -0.15) is 0 Å². The monoisotopic (exact) mass is 334 g/mol. The van der Waals surface area contributed by atoms with Gasteiger partial charge in [-0.25, -0.2) is 0 Å². The zero-order valence-corrected chi connectivity index (χ0v) is 13.7. The van der Waals surface area contributed by atoms with E-state index in [0.717, 1.165) is 24.2 Å². The Morgan fingerprint density at radius 2 is 2.12 bits per heavy atom. The van der Waals surface area contributed by atoms with Crippen LogP contribution in [-0.2, 0) is 20.9 Å². The van der Waals surface area contributed by atoms with Crippen LogP contribution in [0, 0.1) is 0 Å². The Kier molecular flexibility index (Phi) is 5.20. The van der Waals surface area contributed by atoms with E-state index in [2.05, 4.69) is 5.32 Å². The molecule has 7 nitrogen and oxygen atoms in total. The number of rotatable bonds is 6.